The van der Waals surface area contributed by atoms with Gasteiger partial charge in [-0.05, 0) is 0 Å². The summed E-state index contributed by atoms with van der Waals surface area (Å²) in [7, 11) is 17.5. The van der Waals surface area contributed by atoms with Crippen molar-refractivity contribution in [3.05, 3.63) is 129 Å². The molecule has 0 N–H and O–H groups in total. The minimum atomic E-state index is -4.83. The van der Waals surface area contributed by atoms with Gasteiger partial charge >= 0.3 is 289 Å². The zero-order valence-corrected chi connectivity index (χ0v) is 33.6. The van der Waals surface area contributed by atoms with E-state index in [1.807, 2.05) is 0 Å². The molecule has 0 nitrogen and oxygen atoms in total. The molecule has 4 heteroatoms. The number of benzene rings is 4. The zero-order valence-electron chi connectivity index (χ0n) is 28.5. The second-order valence-corrected chi connectivity index (χ2v) is 56.6. The van der Waals surface area contributed by atoms with Crippen LogP contribution in [0.15, 0.2) is 96.1 Å². The number of unbranched alkanes of at least 4 members (excludes halogenated alkanes) is 2. The van der Waals surface area contributed by atoms with Crippen LogP contribution in [0.2, 0.25) is 13.1 Å². The van der Waals surface area contributed by atoms with E-state index < -0.39 is 21.5 Å². The Labute approximate surface area is 286 Å². The van der Waals surface area contributed by atoms with Gasteiger partial charge in [0.1, 0.15) is 0 Å². The number of aryl methyl sites for hydroxylation is 2. The summed E-state index contributed by atoms with van der Waals surface area (Å²) in [5.74, 6) is -1.62. The third-order valence-corrected chi connectivity index (χ3v) is 62.9. The molecule has 0 aliphatic heterocycles. The average Bonchev–Trinajstić information content (AvgIpc) is 3.63. The first-order chi connectivity index (χ1) is 22.1. The molecule has 0 amide bonds. The monoisotopic (exact) mass is 741 g/mol. The van der Waals surface area contributed by atoms with Crippen LogP contribution in [-0.4, -0.2) is 5.92 Å². The summed E-state index contributed by atoms with van der Waals surface area (Å²) in [5.41, 5.74) is 16.3. The van der Waals surface area contributed by atoms with E-state index in [1.54, 1.807) is 0 Å². The summed E-state index contributed by atoms with van der Waals surface area (Å²) in [6.07, 6.45) is 11.8. The molecule has 0 saturated carbocycles. The Bertz CT molecular complexity index is 1700. The first-order valence-corrected chi connectivity index (χ1v) is 33.8. The van der Waals surface area contributed by atoms with Gasteiger partial charge in [0.15, 0.2) is 0 Å². The van der Waals surface area contributed by atoms with E-state index in [2.05, 4.69) is 138 Å². The molecule has 2 atom stereocenters. The van der Waals surface area contributed by atoms with E-state index in [0.29, 0.717) is 0 Å². The molecule has 6 rings (SSSR count). The van der Waals surface area contributed by atoms with Crippen LogP contribution in [-0.2, 0) is 15.6 Å². The molecular weight excluding hydrogens is 695 g/mol. The summed E-state index contributed by atoms with van der Waals surface area (Å²) in [6.45, 7) is 14.0. The molecule has 0 aromatic heterocycles. The van der Waals surface area contributed by atoms with Crippen LogP contribution in [0.4, 0.5) is 0 Å². The van der Waals surface area contributed by atoms with E-state index in [1.165, 1.54) is 66.8 Å². The van der Waals surface area contributed by atoms with Crippen LogP contribution in [0.3, 0.4) is 0 Å². The van der Waals surface area contributed by atoms with Gasteiger partial charge < -0.3 is 0 Å². The summed E-state index contributed by atoms with van der Waals surface area (Å²) in [4.78, 5) is 0. The number of halogens is 2. The van der Waals surface area contributed by atoms with Crippen molar-refractivity contribution in [2.75, 3.05) is 0 Å². The van der Waals surface area contributed by atoms with E-state index in [0.717, 1.165) is 38.5 Å². The fraction of sp³-hybridized carbons (Fsp3) is 0.333. The van der Waals surface area contributed by atoms with Crippen molar-refractivity contribution in [3.63, 3.8) is 0 Å². The second kappa shape index (κ2) is 13.5. The molecule has 4 aromatic rings. The third-order valence-electron chi connectivity index (χ3n) is 11.0. The van der Waals surface area contributed by atoms with Crippen molar-refractivity contribution in [2.45, 2.75) is 86.6 Å². The van der Waals surface area contributed by atoms with Gasteiger partial charge in [0, 0.05) is 0 Å². The van der Waals surface area contributed by atoms with Gasteiger partial charge in [-0.2, -0.15) is 0 Å². The van der Waals surface area contributed by atoms with Crippen molar-refractivity contribution in [2.24, 2.45) is 0 Å². The average molecular weight is 744 g/mol. The van der Waals surface area contributed by atoms with E-state index in [9.17, 15) is 0 Å². The van der Waals surface area contributed by atoms with Crippen LogP contribution >= 0.6 is 17.0 Å². The molecule has 0 radical (unpaired) electrons. The summed E-state index contributed by atoms with van der Waals surface area (Å²) >= 11 is -4.83. The van der Waals surface area contributed by atoms with Gasteiger partial charge in [-0.1, -0.05) is 0 Å². The molecular formula is C42H49Cl2SiZr. The maximum atomic E-state index is 8.76. The van der Waals surface area contributed by atoms with Crippen molar-refractivity contribution in [3.8, 4) is 22.3 Å². The predicted octanol–water partition coefficient (Wildman–Crippen LogP) is 13.6. The van der Waals surface area contributed by atoms with Crippen molar-refractivity contribution >= 4 is 35.1 Å². The minimum absolute atomic E-state index is 0.130. The third kappa shape index (κ3) is 5.64. The van der Waals surface area contributed by atoms with Gasteiger partial charge in [0.05, 0.1) is 0 Å². The van der Waals surface area contributed by atoms with Crippen LogP contribution in [0, 0.1) is 13.8 Å². The summed E-state index contributed by atoms with van der Waals surface area (Å²) in [6, 6.07) is 31.5. The Morgan fingerprint density at radius 2 is 0.957 bits per heavy atom. The van der Waals surface area contributed by atoms with Gasteiger partial charge in [-0.15, -0.1) is 0 Å². The number of rotatable bonds is 11. The Morgan fingerprint density at radius 1 is 0.565 bits per heavy atom. The number of hydrogen-bond donors (Lipinski definition) is 0. The van der Waals surface area contributed by atoms with Gasteiger partial charge in [0.2, 0.25) is 0 Å². The maximum absolute atomic E-state index is 8.76. The standard InChI is InChI=1S/2C20H21.C2H7Si.2ClH.Zr/c2*1-3-4-9-16-13-17-10-7-12-19(20(17)14-16)18-11-6-5-8-15(18)2;1-3-2;;;/h2*5-8,10-14H,3-4,9H2,1-2H3;3H,1-2H3;2*1H;/q;;;;;+2/p-2. The fourth-order valence-corrected chi connectivity index (χ4v) is 40.0. The SMILES string of the molecule is CCCCC1=Cc2c(-c3ccccc3C)cccc2[CH]1[Zr]([Cl])([Cl])([CH]1C(CCCC)=Cc2c(-c3ccccc3C)cccc21)[SiH](C)C. The Balaban J connectivity index is 1.61. The molecule has 239 valence electrons. The van der Waals surface area contributed by atoms with Crippen LogP contribution in [0.5, 0.6) is 0 Å². The molecule has 4 aromatic carbocycles. The van der Waals surface area contributed by atoms with Crippen LogP contribution in [0.1, 0.15) is 93.0 Å². The molecule has 0 bridgehead atoms. The van der Waals surface area contributed by atoms with Gasteiger partial charge in [-0.25, -0.2) is 0 Å². The fourth-order valence-electron chi connectivity index (χ4n) is 8.48. The van der Waals surface area contributed by atoms with Gasteiger partial charge in [0.25, 0.3) is 0 Å². The second-order valence-electron chi connectivity index (χ2n) is 14.1. The Morgan fingerprint density at radius 3 is 1.33 bits per heavy atom. The quantitative estimate of drug-likeness (QED) is 0.134. The number of fused-ring (bicyclic) bond motifs is 2. The van der Waals surface area contributed by atoms with Crippen LogP contribution < -0.4 is 0 Å². The normalized spacial score (nSPS) is 18.2. The topological polar surface area (TPSA) is 0 Å². The summed E-state index contributed by atoms with van der Waals surface area (Å²) < 4.78 is 0.259. The number of allylic oxidation sites excluding steroid dienone is 2. The first kappa shape index (κ1) is 33.9. The van der Waals surface area contributed by atoms with E-state index >= 15 is 0 Å². The molecule has 0 saturated heterocycles. The molecule has 2 aliphatic carbocycles. The van der Waals surface area contributed by atoms with Crippen molar-refractivity contribution in [1.82, 2.24) is 0 Å². The summed E-state index contributed by atoms with van der Waals surface area (Å²) in [5, 5.41) is 0. The predicted molar refractivity (Wildman–Crippen MR) is 204 cm³/mol. The first-order valence-electron chi connectivity index (χ1n) is 17.5. The van der Waals surface area contributed by atoms with Crippen molar-refractivity contribution < 1.29 is 15.6 Å². The molecule has 0 spiro atoms. The molecule has 0 heterocycles. The molecule has 2 aliphatic rings. The van der Waals surface area contributed by atoms with Crippen molar-refractivity contribution in [1.29, 1.82) is 0 Å². The zero-order chi connectivity index (χ0) is 32.7. The van der Waals surface area contributed by atoms with Gasteiger partial charge in [-0.3, -0.25) is 0 Å². The molecule has 46 heavy (non-hydrogen) atoms. The van der Waals surface area contributed by atoms with Crippen LogP contribution in [0.25, 0.3) is 34.4 Å². The number of hydrogen-bond acceptors (Lipinski definition) is 0. The van der Waals surface area contributed by atoms with E-state index in [4.69, 9.17) is 17.0 Å². The Hall–Kier alpha value is -1.96. The van der Waals surface area contributed by atoms with E-state index in [-0.39, 0.29) is 7.25 Å². The Kier molecular flexibility index (Phi) is 9.96. The molecule has 2 unspecified atom stereocenters. The molecule has 0 fully saturated rings.